The van der Waals surface area contributed by atoms with Gasteiger partial charge in [-0.05, 0) is 37.0 Å². The molecule has 4 nitrogen and oxygen atoms in total. The summed E-state index contributed by atoms with van der Waals surface area (Å²) in [5.74, 6) is -0.106. The lowest BCUT2D eigenvalue weighted by Gasteiger charge is -2.35. The number of hydrogen-bond acceptors (Lipinski definition) is 3. The van der Waals surface area contributed by atoms with E-state index in [1.165, 1.54) is 12.1 Å². The van der Waals surface area contributed by atoms with E-state index in [0.29, 0.717) is 18.2 Å². The summed E-state index contributed by atoms with van der Waals surface area (Å²) < 4.78 is 13.0. The van der Waals surface area contributed by atoms with Crippen LogP contribution >= 0.6 is 0 Å². The first-order valence-electron chi connectivity index (χ1n) is 7.45. The van der Waals surface area contributed by atoms with Crippen LogP contribution in [0.2, 0.25) is 0 Å². The quantitative estimate of drug-likeness (QED) is 0.781. The lowest BCUT2D eigenvalue weighted by atomic mass is 9.79. The number of amides is 1. The zero-order chi connectivity index (χ0) is 15.3. The van der Waals surface area contributed by atoms with Crippen LogP contribution in [-0.4, -0.2) is 29.7 Å². The summed E-state index contributed by atoms with van der Waals surface area (Å²) in [7, 11) is 0. The van der Waals surface area contributed by atoms with E-state index in [1.807, 2.05) is 0 Å². The number of rotatable bonds is 5. The molecule has 1 aliphatic carbocycles. The van der Waals surface area contributed by atoms with Crippen molar-refractivity contribution >= 4 is 11.6 Å². The van der Waals surface area contributed by atoms with Gasteiger partial charge in [0, 0.05) is 12.2 Å². The van der Waals surface area contributed by atoms with E-state index in [2.05, 4.69) is 17.6 Å². The van der Waals surface area contributed by atoms with Gasteiger partial charge >= 0.3 is 0 Å². The SMILES string of the molecule is CC1CCCC(O)(CNCC(=O)Nc2cccc(F)c2)C1. The first-order valence-corrected chi connectivity index (χ1v) is 7.45. The fourth-order valence-corrected chi connectivity index (χ4v) is 2.97. The summed E-state index contributed by atoms with van der Waals surface area (Å²) in [5.41, 5.74) is -0.275. The topological polar surface area (TPSA) is 61.4 Å². The molecule has 1 saturated carbocycles. The number of benzene rings is 1. The number of nitrogens with one attached hydrogen (secondary N) is 2. The third-order valence-electron chi connectivity index (χ3n) is 3.92. The van der Waals surface area contributed by atoms with Crippen LogP contribution in [0.15, 0.2) is 24.3 Å². The Morgan fingerprint density at radius 1 is 1.52 bits per heavy atom. The summed E-state index contributed by atoms with van der Waals surface area (Å²) in [4.78, 5) is 11.8. The molecule has 3 N–H and O–H groups in total. The average Bonchev–Trinajstić information content (AvgIpc) is 2.38. The molecule has 1 fully saturated rings. The predicted molar refractivity (Wildman–Crippen MR) is 80.5 cm³/mol. The second-order valence-electron chi connectivity index (χ2n) is 6.09. The van der Waals surface area contributed by atoms with Crippen LogP contribution in [0.5, 0.6) is 0 Å². The van der Waals surface area contributed by atoms with Crippen molar-refractivity contribution in [2.75, 3.05) is 18.4 Å². The summed E-state index contributed by atoms with van der Waals surface area (Å²) in [6.07, 6.45) is 3.72. The number of aliphatic hydroxyl groups is 1. The Labute approximate surface area is 124 Å². The van der Waals surface area contributed by atoms with E-state index >= 15 is 0 Å². The fraction of sp³-hybridized carbons (Fsp3) is 0.562. The summed E-state index contributed by atoms with van der Waals surface area (Å²) >= 11 is 0. The van der Waals surface area contributed by atoms with Crippen molar-refractivity contribution in [2.24, 2.45) is 5.92 Å². The number of halogens is 1. The average molecular weight is 294 g/mol. The maximum atomic E-state index is 13.0. The number of hydrogen-bond donors (Lipinski definition) is 3. The minimum atomic E-state index is -0.712. The van der Waals surface area contributed by atoms with Crippen molar-refractivity contribution < 1.29 is 14.3 Å². The van der Waals surface area contributed by atoms with Crippen LogP contribution in [-0.2, 0) is 4.79 Å². The number of carbonyl (C=O) groups is 1. The van der Waals surface area contributed by atoms with Gasteiger partial charge in [0.25, 0.3) is 0 Å². The molecule has 116 valence electrons. The highest BCUT2D eigenvalue weighted by Gasteiger charge is 2.32. The standard InChI is InChI=1S/C16H23FN2O2/c1-12-4-3-7-16(21,9-12)11-18-10-15(20)19-14-6-2-5-13(17)8-14/h2,5-6,8,12,18,21H,3-4,7,9-11H2,1H3,(H,19,20). The van der Waals surface area contributed by atoms with Crippen LogP contribution in [0, 0.1) is 11.7 Å². The van der Waals surface area contributed by atoms with Gasteiger partial charge in [-0.2, -0.15) is 0 Å². The Kier molecular flexibility index (Phi) is 5.31. The molecule has 0 aromatic heterocycles. The lowest BCUT2D eigenvalue weighted by molar-refractivity contribution is -0.115. The molecular formula is C16H23FN2O2. The van der Waals surface area contributed by atoms with Crippen molar-refractivity contribution in [2.45, 2.75) is 38.2 Å². The third-order valence-corrected chi connectivity index (χ3v) is 3.92. The van der Waals surface area contributed by atoms with Gasteiger partial charge in [0.2, 0.25) is 5.91 Å². The number of anilines is 1. The fourth-order valence-electron chi connectivity index (χ4n) is 2.97. The molecule has 0 radical (unpaired) electrons. The van der Waals surface area contributed by atoms with Gasteiger partial charge < -0.3 is 15.7 Å². The van der Waals surface area contributed by atoms with Crippen molar-refractivity contribution in [3.05, 3.63) is 30.1 Å². The molecule has 1 amide bonds. The van der Waals surface area contributed by atoms with Crippen LogP contribution in [0.25, 0.3) is 0 Å². The zero-order valence-electron chi connectivity index (χ0n) is 12.4. The van der Waals surface area contributed by atoms with E-state index in [1.54, 1.807) is 12.1 Å². The van der Waals surface area contributed by atoms with Crippen LogP contribution < -0.4 is 10.6 Å². The Hall–Kier alpha value is -1.46. The molecular weight excluding hydrogens is 271 g/mol. The summed E-state index contributed by atoms with van der Waals surface area (Å²) in [5, 5.41) is 16.1. The van der Waals surface area contributed by atoms with Crippen molar-refractivity contribution in [1.29, 1.82) is 0 Å². The molecule has 5 heteroatoms. The monoisotopic (exact) mass is 294 g/mol. The molecule has 1 aliphatic rings. The molecule has 0 heterocycles. The molecule has 2 rings (SSSR count). The molecule has 0 spiro atoms. The predicted octanol–water partition coefficient (Wildman–Crippen LogP) is 2.29. The number of carbonyl (C=O) groups excluding carboxylic acids is 1. The molecule has 21 heavy (non-hydrogen) atoms. The van der Waals surface area contributed by atoms with Crippen LogP contribution in [0.4, 0.5) is 10.1 Å². The minimum absolute atomic E-state index is 0.104. The van der Waals surface area contributed by atoms with Gasteiger partial charge in [-0.25, -0.2) is 4.39 Å². The zero-order valence-corrected chi connectivity index (χ0v) is 12.4. The van der Waals surface area contributed by atoms with Crippen molar-refractivity contribution in [3.63, 3.8) is 0 Å². The van der Waals surface area contributed by atoms with E-state index < -0.39 is 5.60 Å². The Morgan fingerprint density at radius 2 is 2.33 bits per heavy atom. The summed E-state index contributed by atoms with van der Waals surface area (Å²) in [6, 6.07) is 5.78. The first-order chi connectivity index (χ1) is 9.97. The molecule has 1 aromatic rings. The minimum Gasteiger partial charge on any atom is -0.389 e. The normalized spacial score (nSPS) is 25.6. The van der Waals surface area contributed by atoms with E-state index in [9.17, 15) is 14.3 Å². The first kappa shape index (κ1) is 15.9. The van der Waals surface area contributed by atoms with Crippen molar-refractivity contribution in [3.8, 4) is 0 Å². The third kappa shape index (κ3) is 5.10. The largest absolute Gasteiger partial charge is 0.389 e. The van der Waals surface area contributed by atoms with Crippen LogP contribution in [0.1, 0.15) is 32.6 Å². The smallest absolute Gasteiger partial charge is 0.238 e. The van der Waals surface area contributed by atoms with Gasteiger partial charge in [0.15, 0.2) is 0 Å². The van der Waals surface area contributed by atoms with Gasteiger partial charge in [-0.1, -0.05) is 25.8 Å². The van der Waals surface area contributed by atoms with E-state index in [-0.39, 0.29) is 18.3 Å². The summed E-state index contributed by atoms with van der Waals surface area (Å²) in [6.45, 7) is 2.65. The Bertz CT molecular complexity index is 495. The highest BCUT2D eigenvalue weighted by atomic mass is 19.1. The van der Waals surface area contributed by atoms with Crippen LogP contribution in [0.3, 0.4) is 0 Å². The Balaban J connectivity index is 1.74. The van der Waals surface area contributed by atoms with E-state index in [4.69, 9.17) is 0 Å². The maximum Gasteiger partial charge on any atom is 0.238 e. The molecule has 1 aromatic carbocycles. The molecule has 0 aliphatic heterocycles. The maximum absolute atomic E-state index is 13.0. The van der Waals surface area contributed by atoms with Crippen molar-refractivity contribution in [1.82, 2.24) is 5.32 Å². The molecule has 0 bridgehead atoms. The van der Waals surface area contributed by atoms with Gasteiger partial charge in [0.05, 0.1) is 12.1 Å². The van der Waals surface area contributed by atoms with Gasteiger partial charge in [0.1, 0.15) is 5.82 Å². The molecule has 2 unspecified atom stereocenters. The lowest BCUT2D eigenvalue weighted by Crippen LogP contribution is -2.45. The highest BCUT2D eigenvalue weighted by Crippen LogP contribution is 2.31. The van der Waals surface area contributed by atoms with Gasteiger partial charge in [-0.3, -0.25) is 4.79 Å². The Morgan fingerprint density at radius 3 is 3.05 bits per heavy atom. The highest BCUT2D eigenvalue weighted by molar-refractivity contribution is 5.92. The second kappa shape index (κ2) is 7.00. The van der Waals surface area contributed by atoms with E-state index in [0.717, 1.165) is 25.7 Å². The molecule has 2 atom stereocenters. The second-order valence-corrected chi connectivity index (χ2v) is 6.09. The molecule has 0 saturated heterocycles. The van der Waals surface area contributed by atoms with Gasteiger partial charge in [-0.15, -0.1) is 0 Å².